The molecule has 1 unspecified atom stereocenters. The van der Waals surface area contributed by atoms with Gasteiger partial charge < -0.3 is 0 Å². The first-order valence-corrected chi connectivity index (χ1v) is 6.47. The van der Waals surface area contributed by atoms with Crippen LogP contribution in [0.5, 0.6) is 0 Å². The zero-order valence-electron chi connectivity index (χ0n) is 9.38. The molecule has 1 aromatic carbocycles. The summed E-state index contributed by atoms with van der Waals surface area (Å²) >= 11 is 6.12. The van der Waals surface area contributed by atoms with Crippen LogP contribution in [-0.2, 0) is 0 Å². The zero-order chi connectivity index (χ0) is 10.7. The van der Waals surface area contributed by atoms with Gasteiger partial charge in [0.15, 0.2) is 0 Å². The predicted octanol–water partition coefficient (Wildman–Crippen LogP) is 4.51. The fourth-order valence-corrected chi connectivity index (χ4v) is 3.09. The third-order valence-electron chi connectivity index (χ3n) is 3.64. The molecule has 1 heteroatoms. The lowest BCUT2D eigenvalue weighted by molar-refractivity contribution is 0.464. The summed E-state index contributed by atoms with van der Waals surface area (Å²) in [4.78, 5) is 0. The smallest absolute Gasteiger partial charge is 0.0294 e. The van der Waals surface area contributed by atoms with Gasteiger partial charge in [0, 0.05) is 11.8 Å². The molecule has 0 aliphatic heterocycles. The Morgan fingerprint density at radius 2 is 1.80 bits per heavy atom. The van der Waals surface area contributed by atoms with Crippen LogP contribution < -0.4 is 0 Å². The van der Waals surface area contributed by atoms with Gasteiger partial charge >= 0.3 is 0 Å². The number of hydrogen-bond donors (Lipinski definition) is 0. The third kappa shape index (κ3) is 2.55. The Bertz CT molecular complexity index is 296. The van der Waals surface area contributed by atoms with E-state index in [1.54, 1.807) is 0 Å². The van der Waals surface area contributed by atoms with Crippen molar-refractivity contribution in [2.75, 3.05) is 5.88 Å². The molecule has 0 N–H and O–H groups in total. The van der Waals surface area contributed by atoms with Crippen molar-refractivity contribution in [2.45, 2.75) is 38.5 Å². The highest BCUT2D eigenvalue weighted by Gasteiger charge is 2.25. The van der Waals surface area contributed by atoms with E-state index in [1.807, 2.05) is 0 Å². The first kappa shape index (κ1) is 11.0. The Morgan fingerprint density at radius 3 is 2.33 bits per heavy atom. The van der Waals surface area contributed by atoms with Crippen LogP contribution in [-0.4, -0.2) is 5.88 Å². The number of halogens is 1. The van der Waals surface area contributed by atoms with E-state index in [0.717, 1.165) is 11.8 Å². The van der Waals surface area contributed by atoms with Gasteiger partial charge in [0.05, 0.1) is 0 Å². The van der Waals surface area contributed by atoms with Gasteiger partial charge in [-0.25, -0.2) is 0 Å². The molecule has 0 saturated heterocycles. The van der Waals surface area contributed by atoms with Crippen LogP contribution in [0.1, 0.15) is 42.7 Å². The number of aryl methyl sites for hydroxylation is 1. The van der Waals surface area contributed by atoms with Gasteiger partial charge in [-0.3, -0.25) is 0 Å². The Morgan fingerprint density at radius 1 is 1.20 bits per heavy atom. The summed E-state index contributed by atoms with van der Waals surface area (Å²) in [6.07, 6.45) is 5.52. The van der Waals surface area contributed by atoms with Gasteiger partial charge in [-0.1, -0.05) is 42.7 Å². The summed E-state index contributed by atoms with van der Waals surface area (Å²) < 4.78 is 0. The van der Waals surface area contributed by atoms with Gasteiger partial charge in [-0.05, 0) is 31.2 Å². The summed E-state index contributed by atoms with van der Waals surface area (Å²) in [6.45, 7) is 2.13. The lowest BCUT2D eigenvalue weighted by Crippen LogP contribution is -2.11. The summed E-state index contributed by atoms with van der Waals surface area (Å²) in [5.74, 6) is 2.17. The van der Waals surface area contributed by atoms with Crippen LogP contribution in [0.2, 0.25) is 0 Å². The number of hydrogen-bond acceptors (Lipinski definition) is 0. The predicted molar refractivity (Wildman–Crippen MR) is 66.6 cm³/mol. The Labute approximate surface area is 97.6 Å². The van der Waals surface area contributed by atoms with Gasteiger partial charge in [0.25, 0.3) is 0 Å². The molecule has 0 aromatic heterocycles. The average molecular weight is 223 g/mol. The molecule has 1 aliphatic rings. The van der Waals surface area contributed by atoms with Gasteiger partial charge in [-0.2, -0.15) is 0 Å². The molecule has 1 atom stereocenters. The molecule has 1 aliphatic carbocycles. The minimum atomic E-state index is 0.578. The Balaban J connectivity index is 2.14. The second-order valence-electron chi connectivity index (χ2n) is 4.72. The number of rotatable bonds is 3. The molecule has 15 heavy (non-hydrogen) atoms. The first-order chi connectivity index (χ1) is 7.31. The topological polar surface area (TPSA) is 0 Å². The van der Waals surface area contributed by atoms with E-state index < -0.39 is 0 Å². The number of alkyl halides is 1. The monoisotopic (exact) mass is 222 g/mol. The average Bonchev–Trinajstić information content (AvgIpc) is 2.75. The maximum Gasteiger partial charge on any atom is 0.0294 e. The number of benzene rings is 1. The minimum Gasteiger partial charge on any atom is -0.126 e. The van der Waals surface area contributed by atoms with Crippen molar-refractivity contribution in [3.05, 3.63) is 35.4 Å². The van der Waals surface area contributed by atoms with Crippen LogP contribution in [0.25, 0.3) is 0 Å². The molecule has 82 valence electrons. The fraction of sp³-hybridized carbons (Fsp3) is 0.571. The first-order valence-electron chi connectivity index (χ1n) is 5.94. The van der Waals surface area contributed by atoms with Crippen LogP contribution in [0.4, 0.5) is 0 Å². The highest BCUT2D eigenvalue weighted by Crippen LogP contribution is 2.37. The molecule has 1 fully saturated rings. The highest BCUT2D eigenvalue weighted by molar-refractivity contribution is 6.18. The van der Waals surface area contributed by atoms with Crippen molar-refractivity contribution in [3.63, 3.8) is 0 Å². The largest absolute Gasteiger partial charge is 0.126 e. The molecule has 0 radical (unpaired) electrons. The standard InChI is InChI=1S/C14H19Cl/c1-11-6-8-13(9-7-11)14(10-15)12-4-2-3-5-12/h6-9,12,14H,2-5,10H2,1H3. The van der Waals surface area contributed by atoms with E-state index in [1.165, 1.54) is 36.8 Å². The van der Waals surface area contributed by atoms with E-state index in [-0.39, 0.29) is 0 Å². The molecular weight excluding hydrogens is 204 g/mol. The Kier molecular flexibility index (Phi) is 3.69. The van der Waals surface area contributed by atoms with Crippen molar-refractivity contribution >= 4 is 11.6 Å². The summed E-state index contributed by atoms with van der Waals surface area (Å²) in [6, 6.07) is 8.90. The van der Waals surface area contributed by atoms with Crippen molar-refractivity contribution in [2.24, 2.45) is 5.92 Å². The van der Waals surface area contributed by atoms with Gasteiger partial charge in [-0.15, -0.1) is 11.6 Å². The van der Waals surface area contributed by atoms with E-state index in [0.29, 0.717) is 5.92 Å². The summed E-state index contributed by atoms with van der Waals surface area (Å²) in [5, 5.41) is 0. The fourth-order valence-electron chi connectivity index (χ4n) is 2.66. The lowest BCUT2D eigenvalue weighted by Gasteiger charge is -2.21. The maximum atomic E-state index is 6.12. The van der Waals surface area contributed by atoms with Gasteiger partial charge in [0.2, 0.25) is 0 Å². The van der Waals surface area contributed by atoms with E-state index in [4.69, 9.17) is 11.6 Å². The summed E-state index contributed by atoms with van der Waals surface area (Å²) in [5.41, 5.74) is 2.76. The molecule has 2 rings (SSSR count). The molecule has 0 spiro atoms. The summed E-state index contributed by atoms with van der Waals surface area (Å²) in [7, 11) is 0. The minimum absolute atomic E-state index is 0.578. The van der Waals surface area contributed by atoms with E-state index in [2.05, 4.69) is 31.2 Å². The van der Waals surface area contributed by atoms with Crippen molar-refractivity contribution in [3.8, 4) is 0 Å². The van der Waals surface area contributed by atoms with Crippen LogP contribution in [0, 0.1) is 12.8 Å². The highest BCUT2D eigenvalue weighted by atomic mass is 35.5. The molecule has 1 saturated carbocycles. The second kappa shape index (κ2) is 5.03. The molecule has 0 nitrogen and oxygen atoms in total. The van der Waals surface area contributed by atoms with Crippen LogP contribution >= 0.6 is 11.6 Å². The van der Waals surface area contributed by atoms with E-state index >= 15 is 0 Å². The van der Waals surface area contributed by atoms with Crippen molar-refractivity contribution in [1.82, 2.24) is 0 Å². The SMILES string of the molecule is Cc1ccc(C(CCl)C2CCCC2)cc1. The lowest BCUT2D eigenvalue weighted by atomic mass is 9.86. The van der Waals surface area contributed by atoms with E-state index in [9.17, 15) is 0 Å². The second-order valence-corrected chi connectivity index (χ2v) is 5.02. The molecule has 0 amide bonds. The van der Waals surface area contributed by atoms with Crippen LogP contribution in [0.15, 0.2) is 24.3 Å². The normalized spacial score (nSPS) is 19.3. The zero-order valence-corrected chi connectivity index (χ0v) is 10.1. The quantitative estimate of drug-likeness (QED) is 0.661. The molecule has 0 bridgehead atoms. The Hall–Kier alpha value is -0.490. The molecular formula is C14H19Cl. The van der Waals surface area contributed by atoms with Crippen molar-refractivity contribution < 1.29 is 0 Å². The van der Waals surface area contributed by atoms with Crippen molar-refractivity contribution in [1.29, 1.82) is 0 Å². The molecule has 0 heterocycles. The maximum absolute atomic E-state index is 6.12. The van der Waals surface area contributed by atoms with Crippen LogP contribution in [0.3, 0.4) is 0 Å². The van der Waals surface area contributed by atoms with Gasteiger partial charge in [0.1, 0.15) is 0 Å². The third-order valence-corrected chi connectivity index (χ3v) is 3.97. The molecule has 1 aromatic rings.